The molecule has 0 radical (unpaired) electrons. The standard InChI is InChI=1S/C17H20N2O/c1-2-14-5-3-4-6-16(14)12-19-11-13-7-9-15(10-8-13)17(18)20/h3-10,19H,2,11-12H2,1H3,(H2,18,20). The predicted molar refractivity (Wildman–Crippen MR) is 81.3 cm³/mol. The third kappa shape index (κ3) is 3.68. The third-order valence-electron chi connectivity index (χ3n) is 3.38. The van der Waals surface area contributed by atoms with Crippen LogP contribution in [-0.4, -0.2) is 5.91 Å². The van der Waals surface area contributed by atoms with Crippen LogP contribution in [-0.2, 0) is 19.5 Å². The van der Waals surface area contributed by atoms with Gasteiger partial charge in [-0.05, 0) is 35.2 Å². The lowest BCUT2D eigenvalue weighted by Crippen LogP contribution is -2.14. The molecule has 2 aromatic rings. The van der Waals surface area contributed by atoms with E-state index in [1.807, 2.05) is 12.1 Å². The van der Waals surface area contributed by atoms with E-state index in [0.29, 0.717) is 5.56 Å². The van der Waals surface area contributed by atoms with Gasteiger partial charge in [-0.25, -0.2) is 0 Å². The summed E-state index contributed by atoms with van der Waals surface area (Å²) in [6.45, 7) is 3.79. The molecule has 2 rings (SSSR count). The van der Waals surface area contributed by atoms with Crippen LogP contribution in [0, 0.1) is 0 Å². The fourth-order valence-electron chi connectivity index (χ4n) is 2.20. The number of carbonyl (C=O) groups excluding carboxylic acids is 1. The summed E-state index contributed by atoms with van der Waals surface area (Å²) in [5.41, 5.74) is 9.62. The summed E-state index contributed by atoms with van der Waals surface area (Å²) in [6, 6.07) is 15.8. The molecule has 0 atom stereocenters. The van der Waals surface area contributed by atoms with Crippen LogP contribution in [0.3, 0.4) is 0 Å². The number of aryl methyl sites for hydroxylation is 1. The highest BCUT2D eigenvalue weighted by atomic mass is 16.1. The molecule has 0 unspecified atom stereocenters. The van der Waals surface area contributed by atoms with E-state index in [0.717, 1.165) is 25.1 Å². The van der Waals surface area contributed by atoms with Gasteiger partial charge in [0.15, 0.2) is 0 Å². The second-order valence-electron chi connectivity index (χ2n) is 4.79. The van der Waals surface area contributed by atoms with Crippen molar-refractivity contribution in [3.8, 4) is 0 Å². The molecule has 0 fully saturated rings. The topological polar surface area (TPSA) is 55.1 Å². The molecule has 0 aliphatic rings. The zero-order valence-corrected chi connectivity index (χ0v) is 11.7. The van der Waals surface area contributed by atoms with Gasteiger partial charge < -0.3 is 11.1 Å². The number of hydrogen-bond donors (Lipinski definition) is 2. The lowest BCUT2D eigenvalue weighted by Gasteiger charge is -2.09. The van der Waals surface area contributed by atoms with Crippen molar-refractivity contribution < 1.29 is 4.79 Å². The Morgan fingerprint density at radius 2 is 1.65 bits per heavy atom. The first kappa shape index (κ1) is 14.3. The molecular formula is C17H20N2O. The Kier molecular flexibility index (Phi) is 4.91. The van der Waals surface area contributed by atoms with Crippen molar-refractivity contribution in [1.29, 1.82) is 0 Å². The van der Waals surface area contributed by atoms with Gasteiger partial charge in [-0.3, -0.25) is 4.79 Å². The summed E-state index contributed by atoms with van der Waals surface area (Å²) in [5.74, 6) is -0.388. The molecule has 0 aliphatic carbocycles. The van der Waals surface area contributed by atoms with E-state index in [4.69, 9.17) is 5.73 Å². The smallest absolute Gasteiger partial charge is 0.248 e. The quantitative estimate of drug-likeness (QED) is 0.846. The Hall–Kier alpha value is -2.13. The van der Waals surface area contributed by atoms with Crippen LogP contribution in [0.25, 0.3) is 0 Å². The maximum absolute atomic E-state index is 11.0. The van der Waals surface area contributed by atoms with Gasteiger partial charge in [0.2, 0.25) is 5.91 Å². The average molecular weight is 268 g/mol. The Balaban J connectivity index is 1.91. The fourth-order valence-corrected chi connectivity index (χ4v) is 2.20. The molecule has 20 heavy (non-hydrogen) atoms. The maximum Gasteiger partial charge on any atom is 0.248 e. The fraction of sp³-hybridized carbons (Fsp3) is 0.235. The SMILES string of the molecule is CCc1ccccc1CNCc1ccc(C(N)=O)cc1. The first-order valence-corrected chi connectivity index (χ1v) is 6.87. The summed E-state index contributed by atoms with van der Waals surface area (Å²) >= 11 is 0. The van der Waals surface area contributed by atoms with Crippen LogP contribution in [0.2, 0.25) is 0 Å². The van der Waals surface area contributed by atoms with Crippen molar-refractivity contribution in [1.82, 2.24) is 5.32 Å². The van der Waals surface area contributed by atoms with E-state index in [9.17, 15) is 4.79 Å². The monoisotopic (exact) mass is 268 g/mol. The molecule has 2 aromatic carbocycles. The van der Waals surface area contributed by atoms with Gasteiger partial charge in [0.25, 0.3) is 0 Å². The summed E-state index contributed by atoms with van der Waals surface area (Å²) in [6.07, 6.45) is 1.05. The molecule has 0 saturated carbocycles. The Morgan fingerprint density at radius 3 is 2.25 bits per heavy atom. The van der Waals surface area contributed by atoms with E-state index >= 15 is 0 Å². The van der Waals surface area contributed by atoms with Crippen molar-refractivity contribution in [3.63, 3.8) is 0 Å². The zero-order chi connectivity index (χ0) is 14.4. The van der Waals surface area contributed by atoms with Crippen LogP contribution in [0.5, 0.6) is 0 Å². The highest BCUT2D eigenvalue weighted by Gasteiger charge is 2.01. The molecule has 0 saturated heterocycles. The molecule has 104 valence electrons. The highest BCUT2D eigenvalue weighted by Crippen LogP contribution is 2.10. The van der Waals surface area contributed by atoms with E-state index in [1.54, 1.807) is 12.1 Å². The Bertz CT molecular complexity index is 576. The summed E-state index contributed by atoms with van der Waals surface area (Å²) in [4.78, 5) is 11.0. The van der Waals surface area contributed by atoms with Crippen LogP contribution < -0.4 is 11.1 Å². The van der Waals surface area contributed by atoms with Crippen molar-refractivity contribution in [2.75, 3.05) is 0 Å². The zero-order valence-electron chi connectivity index (χ0n) is 11.7. The van der Waals surface area contributed by atoms with Gasteiger partial charge in [0.05, 0.1) is 0 Å². The summed E-state index contributed by atoms with van der Waals surface area (Å²) in [7, 11) is 0. The highest BCUT2D eigenvalue weighted by molar-refractivity contribution is 5.92. The lowest BCUT2D eigenvalue weighted by atomic mass is 10.1. The van der Waals surface area contributed by atoms with Crippen LogP contribution in [0.15, 0.2) is 48.5 Å². The number of nitrogens with one attached hydrogen (secondary N) is 1. The number of rotatable bonds is 6. The average Bonchev–Trinajstić information content (AvgIpc) is 2.48. The Morgan fingerprint density at radius 1 is 1.00 bits per heavy atom. The van der Waals surface area contributed by atoms with Gasteiger partial charge in [-0.2, -0.15) is 0 Å². The first-order valence-electron chi connectivity index (χ1n) is 6.87. The molecule has 3 N–H and O–H groups in total. The van der Waals surface area contributed by atoms with Gasteiger partial charge in [0, 0.05) is 18.7 Å². The van der Waals surface area contributed by atoms with E-state index in [2.05, 4.69) is 36.5 Å². The van der Waals surface area contributed by atoms with Gasteiger partial charge in [-0.1, -0.05) is 43.3 Å². The minimum Gasteiger partial charge on any atom is -0.366 e. The second-order valence-corrected chi connectivity index (χ2v) is 4.79. The minimum absolute atomic E-state index is 0.388. The molecule has 3 nitrogen and oxygen atoms in total. The molecule has 0 aliphatic heterocycles. The minimum atomic E-state index is -0.388. The molecule has 0 heterocycles. The maximum atomic E-state index is 11.0. The normalized spacial score (nSPS) is 10.4. The van der Waals surface area contributed by atoms with Crippen molar-refractivity contribution in [2.45, 2.75) is 26.4 Å². The van der Waals surface area contributed by atoms with Gasteiger partial charge in [-0.15, -0.1) is 0 Å². The van der Waals surface area contributed by atoms with E-state index < -0.39 is 0 Å². The molecular weight excluding hydrogens is 248 g/mol. The first-order chi connectivity index (χ1) is 9.70. The number of amides is 1. The van der Waals surface area contributed by atoms with E-state index in [-0.39, 0.29) is 5.91 Å². The predicted octanol–water partition coefficient (Wildman–Crippen LogP) is 2.64. The molecule has 0 spiro atoms. The van der Waals surface area contributed by atoms with E-state index in [1.165, 1.54) is 11.1 Å². The summed E-state index contributed by atoms with van der Waals surface area (Å²) in [5, 5.41) is 3.43. The summed E-state index contributed by atoms with van der Waals surface area (Å²) < 4.78 is 0. The van der Waals surface area contributed by atoms with Crippen LogP contribution in [0.4, 0.5) is 0 Å². The molecule has 0 aromatic heterocycles. The van der Waals surface area contributed by atoms with Crippen molar-refractivity contribution >= 4 is 5.91 Å². The number of primary amides is 1. The van der Waals surface area contributed by atoms with Gasteiger partial charge >= 0.3 is 0 Å². The van der Waals surface area contributed by atoms with Crippen molar-refractivity contribution in [2.24, 2.45) is 5.73 Å². The lowest BCUT2D eigenvalue weighted by molar-refractivity contribution is 0.100. The largest absolute Gasteiger partial charge is 0.366 e. The van der Waals surface area contributed by atoms with Crippen LogP contribution >= 0.6 is 0 Å². The number of hydrogen-bond acceptors (Lipinski definition) is 2. The van der Waals surface area contributed by atoms with Gasteiger partial charge in [0.1, 0.15) is 0 Å². The molecule has 3 heteroatoms. The van der Waals surface area contributed by atoms with Crippen molar-refractivity contribution in [3.05, 3.63) is 70.8 Å². The number of carbonyl (C=O) groups is 1. The molecule has 1 amide bonds. The number of nitrogens with two attached hydrogens (primary N) is 1. The number of benzene rings is 2. The third-order valence-corrected chi connectivity index (χ3v) is 3.38. The molecule has 0 bridgehead atoms. The Labute approximate surface area is 119 Å². The second kappa shape index (κ2) is 6.87. The van der Waals surface area contributed by atoms with Crippen LogP contribution in [0.1, 0.15) is 34.0 Å².